The summed E-state index contributed by atoms with van der Waals surface area (Å²) in [5.41, 5.74) is 1.21. The third-order valence-electron chi connectivity index (χ3n) is 4.41. The van der Waals surface area contributed by atoms with Crippen LogP contribution < -0.4 is 15.4 Å². The Labute approximate surface area is 165 Å². The van der Waals surface area contributed by atoms with Gasteiger partial charge < -0.3 is 15.4 Å². The number of amides is 2. The van der Waals surface area contributed by atoms with Crippen molar-refractivity contribution in [2.75, 3.05) is 7.05 Å². The van der Waals surface area contributed by atoms with E-state index in [4.69, 9.17) is 4.74 Å². The molecule has 0 unspecified atom stereocenters. The molecule has 2 N–H and O–H groups in total. The van der Waals surface area contributed by atoms with E-state index < -0.39 is 11.9 Å². The zero-order chi connectivity index (χ0) is 20.5. The highest BCUT2D eigenvalue weighted by Gasteiger charge is 2.14. The fourth-order valence-electron chi connectivity index (χ4n) is 3.05. The van der Waals surface area contributed by atoms with Crippen molar-refractivity contribution in [1.82, 2.24) is 10.6 Å². The Kier molecular flexibility index (Phi) is 7.99. The molecular weight excluding hydrogens is 359 g/mol. The first kappa shape index (κ1) is 21.4. The van der Waals surface area contributed by atoms with Gasteiger partial charge in [0.15, 0.2) is 0 Å². The van der Waals surface area contributed by atoms with Crippen molar-refractivity contribution in [3.8, 4) is 16.9 Å². The van der Waals surface area contributed by atoms with Crippen molar-refractivity contribution in [3.05, 3.63) is 53.8 Å². The monoisotopic (exact) mass is 386 g/mol. The molecule has 28 heavy (non-hydrogen) atoms. The van der Waals surface area contributed by atoms with Crippen molar-refractivity contribution in [2.24, 2.45) is 0 Å². The van der Waals surface area contributed by atoms with Crippen molar-refractivity contribution in [2.45, 2.75) is 45.6 Å². The lowest BCUT2D eigenvalue weighted by molar-refractivity contribution is 0.0963. The van der Waals surface area contributed by atoms with Crippen LogP contribution in [0, 0.1) is 5.82 Å². The van der Waals surface area contributed by atoms with Crippen LogP contribution in [0.4, 0.5) is 9.18 Å². The number of carbonyl (C=O) groups excluding carboxylic acids is 2. The van der Waals surface area contributed by atoms with E-state index in [1.54, 1.807) is 24.3 Å². The molecule has 0 saturated carbocycles. The first-order chi connectivity index (χ1) is 13.5. The minimum absolute atomic E-state index is 0.0617. The molecule has 0 aliphatic rings. The van der Waals surface area contributed by atoms with Gasteiger partial charge in [-0.25, -0.2) is 9.18 Å². The summed E-state index contributed by atoms with van der Waals surface area (Å²) in [6, 6.07) is 10.8. The van der Waals surface area contributed by atoms with Crippen LogP contribution >= 0.6 is 0 Å². The van der Waals surface area contributed by atoms with Crippen LogP contribution in [-0.4, -0.2) is 25.1 Å². The summed E-state index contributed by atoms with van der Waals surface area (Å²) in [6.07, 6.45) is 3.14. The van der Waals surface area contributed by atoms with Crippen LogP contribution in [0.2, 0.25) is 0 Å². The van der Waals surface area contributed by atoms with Gasteiger partial charge in [0.2, 0.25) is 0 Å². The molecule has 0 aliphatic carbocycles. The molecule has 0 fully saturated rings. The second-order valence-corrected chi connectivity index (χ2v) is 6.61. The normalized spacial score (nSPS) is 10.6. The molecule has 0 radical (unpaired) electrons. The number of benzene rings is 2. The largest absolute Gasteiger partial charge is 0.412 e. The smallest absolute Gasteiger partial charge is 0.410 e. The number of carbonyl (C=O) groups is 2. The second kappa shape index (κ2) is 10.4. The fraction of sp³-hybridized carbons (Fsp3) is 0.364. The summed E-state index contributed by atoms with van der Waals surface area (Å²) >= 11 is 0. The Morgan fingerprint density at radius 3 is 2.43 bits per heavy atom. The van der Waals surface area contributed by atoms with Crippen molar-refractivity contribution >= 4 is 12.0 Å². The number of nitrogens with one attached hydrogen (secondary N) is 2. The molecule has 0 aromatic heterocycles. The van der Waals surface area contributed by atoms with Gasteiger partial charge in [-0.15, -0.1) is 0 Å². The predicted octanol–water partition coefficient (Wildman–Crippen LogP) is 4.91. The van der Waals surface area contributed by atoms with Gasteiger partial charge >= 0.3 is 6.09 Å². The van der Waals surface area contributed by atoms with E-state index in [1.807, 2.05) is 0 Å². The molecule has 6 heteroatoms. The first-order valence-electron chi connectivity index (χ1n) is 9.58. The molecule has 0 bridgehead atoms. The average Bonchev–Trinajstić information content (AvgIpc) is 2.69. The van der Waals surface area contributed by atoms with Gasteiger partial charge in [-0.2, -0.15) is 0 Å². The molecule has 2 amide bonds. The zero-order valence-corrected chi connectivity index (χ0v) is 16.5. The SMILES string of the molecule is CCCC(CCC)NC(=O)Oc1ccc(F)c(-c2cccc(C(=O)NC)c2)c1. The molecule has 2 aromatic rings. The molecule has 2 rings (SSSR count). The van der Waals surface area contributed by atoms with Gasteiger partial charge in [0.05, 0.1) is 0 Å². The molecule has 2 aromatic carbocycles. The number of halogens is 1. The Hall–Kier alpha value is -2.89. The highest BCUT2D eigenvalue weighted by atomic mass is 19.1. The lowest BCUT2D eigenvalue weighted by Crippen LogP contribution is -2.36. The zero-order valence-electron chi connectivity index (χ0n) is 16.5. The Balaban J connectivity index is 2.19. The predicted molar refractivity (Wildman–Crippen MR) is 108 cm³/mol. The number of hydrogen-bond donors (Lipinski definition) is 2. The third-order valence-corrected chi connectivity index (χ3v) is 4.41. The van der Waals surface area contributed by atoms with Crippen LogP contribution in [0.15, 0.2) is 42.5 Å². The lowest BCUT2D eigenvalue weighted by Gasteiger charge is -2.17. The van der Waals surface area contributed by atoms with Gasteiger partial charge in [-0.1, -0.05) is 38.8 Å². The van der Waals surface area contributed by atoms with Gasteiger partial charge in [0.25, 0.3) is 5.91 Å². The maximum atomic E-state index is 14.4. The first-order valence-corrected chi connectivity index (χ1v) is 9.58. The van der Waals surface area contributed by atoms with Gasteiger partial charge in [0.1, 0.15) is 11.6 Å². The van der Waals surface area contributed by atoms with Crippen molar-refractivity contribution in [1.29, 1.82) is 0 Å². The minimum Gasteiger partial charge on any atom is -0.410 e. The van der Waals surface area contributed by atoms with E-state index in [9.17, 15) is 14.0 Å². The number of rotatable bonds is 8. The Morgan fingerprint density at radius 2 is 1.79 bits per heavy atom. The Bertz CT molecular complexity index is 817. The fourth-order valence-corrected chi connectivity index (χ4v) is 3.05. The topological polar surface area (TPSA) is 67.4 Å². The van der Waals surface area contributed by atoms with Crippen LogP contribution in [0.3, 0.4) is 0 Å². The summed E-state index contributed by atoms with van der Waals surface area (Å²) in [5.74, 6) is -0.477. The second-order valence-electron chi connectivity index (χ2n) is 6.61. The lowest BCUT2D eigenvalue weighted by atomic mass is 10.0. The van der Waals surface area contributed by atoms with E-state index in [1.165, 1.54) is 25.2 Å². The Morgan fingerprint density at radius 1 is 1.07 bits per heavy atom. The van der Waals surface area contributed by atoms with Crippen LogP contribution in [0.1, 0.15) is 49.9 Å². The molecule has 0 saturated heterocycles. The van der Waals surface area contributed by atoms with E-state index >= 15 is 0 Å². The molecule has 0 atom stereocenters. The molecular formula is C22H27FN2O3. The molecule has 0 aliphatic heterocycles. The molecule has 5 nitrogen and oxygen atoms in total. The summed E-state index contributed by atoms with van der Waals surface area (Å²) in [4.78, 5) is 24.0. The van der Waals surface area contributed by atoms with Crippen molar-refractivity contribution < 1.29 is 18.7 Å². The van der Waals surface area contributed by atoms with Gasteiger partial charge in [-0.3, -0.25) is 4.79 Å². The van der Waals surface area contributed by atoms with E-state index in [0.717, 1.165) is 25.7 Å². The summed E-state index contributed by atoms with van der Waals surface area (Å²) in [6.45, 7) is 4.13. The maximum Gasteiger partial charge on any atom is 0.412 e. The third kappa shape index (κ3) is 5.81. The standard InChI is InChI=1S/C22H27FN2O3/c1-4-7-17(8-5-2)25-22(27)28-18-11-12-20(23)19(14-18)15-9-6-10-16(13-15)21(26)24-3/h6,9-14,17H,4-5,7-8H2,1-3H3,(H,24,26)(H,25,27). The summed E-state index contributed by atoms with van der Waals surface area (Å²) in [5, 5.41) is 5.41. The quantitative estimate of drug-likeness (QED) is 0.677. The van der Waals surface area contributed by atoms with Crippen molar-refractivity contribution in [3.63, 3.8) is 0 Å². The highest BCUT2D eigenvalue weighted by molar-refractivity contribution is 5.95. The van der Waals surface area contributed by atoms with Crippen LogP contribution in [-0.2, 0) is 0 Å². The average molecular weight is 386 g/mol. The highest BCUT2D eigenvalue weighted by Crippen LogP contribution is 2.28. The van der Waals surface area contributed by atoms with Crippen LogP contribution in [0.25, 0.3) is 11.1 Å². The summed E-state index contributed by atoms with van der Waals surface area (Å²) < 4.78 is 19.7. The van der Waals surface area contributed by atoms with Gasteiger partial charge in [-0.05, 0) is 48.7 Å². The van der Waals surface area contributed by atoms with E-state index in [-0.39, 0.29) is 23.3 Å². The van der Waals surface area contributed by atoms with Crippen LogP contribution in [0.5, 0.6) is 5.75 Å². The molecule has 150 valence electrons. The maximum absolute atomic E-state index is 14.4. The van der Waals surface area contributed by atoms with E-state index in [2.05, 4.69) is 24.5 Å². The number of ether oxygens (including phenoxy) is 1. The summed E-state index contributed by atoms with van der Waals surface area (Å²) in [7, 11) is 1.53. The van der Waals surface area contributed by atoms with E-state index in [0.29, 0.717) is 11.1 Å². The minimum atomic E-state index is -0.552. The van der Waals surface area contributed by atoms with Gasteiger partial charge in [0, 0.05) is 24.2 Å². The molecule has 0 spiro atoms. The molecule has 0 heterocycles. The number of hydrogen-bond acceptors (Lipinski definition) is 3.